The molecular formula is C17H34N2. The normalized spacial score (nSPS) is 33.8. The van der Waals surface area contributed by atoms with E-state index >= 15 is 0 Å². The molecule has 1 N–H and O–H groups in total. The highest BCUT2D eigenvalue weighted by Crippen LogP contribution is 2.31. The van der Waals surface area contributed by atoms with E-state index in [-0.39, 0.29) is 0 Å². The van der Waals surface area contributed by atoms with E-state index < -0.39 is 0 Å². The molecule has 19 heavy (non-hydrogen) atoms. The molecule has 1 aliphatic heterocycles. The van der Waals surface area contributed by atoms with E-state index in [2.05, 4.69) is 31.0 Å². The minimum Gasteiger partial charge on any atom is -0.314 e. The second-order valence-corrected chi connectivity index (χ2v) is 7.15. The van der Waals surface area contributed by atoms with Crippen LogP contribution in [0.15, 0.2) is 0 Å². The van der Waals surface area contributed by atoms with Crippen molar-refractivity contribution in [2.24, 2.45) is 11.8 Å². The molecule has 0 spiro atoms. The minimum atomic E-state index is 0.635. The number of likely N-dealkylation sites (tertiary alicyclic amines) is 1. The molecule has 0 aromatic heterocycles. The molecule has 2 nitrogen and oxygen atoms in total. The maximum Gasteiger partial charge on any atom is 0.00955 e. The average Bonchev–Trinajstić information content (AvgIpc) is 2.45. The van der Waals surface area contributed by atoms with Crippen LogP contribution in [0.1, 0.15) is 65.7 Å². The molecule has 2 rings (SSSR count). The third-order valence-corrected chi connectivity index (χ3v) is 5.28. The van der Waals surface area contributed by atoms with Gasteiger partial charge in [-0.2, -0.15) is 0 Å². The molecule has 1 heterocycles. The van der Waals surface area contributed by atoms with Crippen LogP contribution in [-0.2, 0) is 0 Å². The van der Waals surface area contributed by atoms with Crippen molar-refractivity contribution in [3.8, 4) is 0 Å². The van der Waals surface area contributed by atoms with Crippen molar-refractivity contribution in [1.82, 2.24) is 10.2 Å². The van der Waals surface area contributed by atoms with Crippen molar-refractivity contribution in [2.75, 3.05) is 19.6 Å². The molecule has 1 unspecified atom stereocenters. The lowest BCUT2D eigenvalue weighted by Gasteiger charge is -2.41. The van der Waals surface area contributed by atoms with Crippen molar-refractivity contribution in [2.45, 2.75) is 77.8 Å². The topological polar surface area (TPSA) is 15.3 Å². The summed E-state index contributed by atoms with van der Waals surface area (Å²) in [5.74, 6) is 1.92. The summed E-state index contributed by atoms with van der Waals surface area (Å²) < 4.78 is 0. The lowest BCUT2D eigenvalue weighted by atomic mass is 9.83. The zero-order valence-corrected chi connectivity index (χ0v) is 13.3. The first-order valence-electron chi connectivity index (χ1n) is 8.66. The van der Waals surface area contributed by atoms with Gasteiger partial charge in [0.25, 0.3) is 0 Å². The number of hydrogen-bond donors (Lipinski definition) is 1. The fourth-order valence-corrected chi connectivity index (χ4v) is 3.92. The Morgan fingerprint density at radius 1 is 1.05 bits per heavy atom. The summed E-state index contributed by atoms with van der Waals surface area (Å²) in [7, 11) is 0. The van der Waals surface area contributed by atoms with E-state index in [0.29, 0.717) is 6.04 Å². The summed E-state index contributed by atoms with van der Waals surface area (Å²) in [5.41, 5.74) is 0. The third-order valence-electron chi connectivity index (χ3n) is 5.28. The average molecular weight is 266 g/mol. The maximum atomic E-state index is 3.63. The van der Waals surface area contributed by atoms with E-state index in [1.165, 1.54) is 64.6 Å². The molecule has 1 saturated heterocycles. The summed E-state index contributed by atoms with van der Waals surface area (Å²) in [4.78, 5) is 2.82. The Labute approximate surface area is 120 Å². The van der Waals surface area contributed by atoms with Crippen molar-refractivity contribution in [3.05, 3.63) is 0 Å². The van der Waals surface area contributed by atoms with Crippen LogP contribution in [-0.4, -0.2) is 36.6 Å². The molecule has 1 aliphatic carbocycles. The number of piperidine rings is 1. The molecule has 0 amide bonds. The first kappa shape index (κ1) is 15.3. The molecular weight excluding hydrogens is 232 g/mol. The largest absolute Gasteiger partial charge is 0.314 e. The van der Waals surface area contributed by atoms with Gasteiger partial charge in [-0.1, -0.05) is 27.2 Å². The van der Waals surface area contributed by atoms with E-state index in [0.717, 1.165) is 17.9 Å². The van der Waals surface area contributed by atoms with Gasteiger partial charge in [-0.15, -0.1) is 0 Å². The molecule has 2 heteroatoms. The predicted molar refractivity (Wildman–Crippen MR) is 83.5 cm³/mol. The monoisotopic (exact) mass is 266 g/mol. The number of hydrogen-bond acceptors (Lipinski definition) is 2. The first-order chi connectivity index (χ1) is 9.19. The van der Waals surface area contributed by atoms with Gasteiger partial charge in [-0.3, -0.25) is 0 Å². The Bertz CT molecular complexity index is 244. The van der Waals surface area contributed by atoms with E-state index in [9.17, 15) is 0 Å². The summed E-state index contributed by atoms with van der Waals surface area (Å²) in [6.45, 7) is 10.8. The smallest absolute Gasteiger partial charge is 0.00955 e. The predicted octanol–water partition coefficient (Wildman–Crippen LogP) is 3.67. The molecule has 112 valence electrons. The van der Waals surface area contributed by atoms with Crippen LogP contribution in [0.4, 0.5) is 0 Å². The Morgan fingerprint density at radius 3 is 2.42 bits per heavy atom. The van der Waals surface area contributed by atoms with Crippen LogP contribution in [0, 0.1) is 11.8 Å². The fourth-order valence-electron chi connectivity index (χ4n) is 3.92. The number of nitrogens with zero attached hydrogens (tertiary/aromatic N) is 1. The second kappa shape index (κ2) is 7.64. The van der Waals surface area contributed by atoms with Gasteiger partial charge >= 0.3 is 0 Å². The minimum absolute atomic E-state index is 0.635. The number of nitrogens with one attached hydrogen (secondary N) is 1. The molecule has 2 aliphatic rings. The number of rotatable bonds is 5. The summed E-state index contributed by atoms with van der Waals surface area (Å²) in [6.07, 6.45) is 10.1. The van der Waals surface area contributed by atoms with Gasteiger partial charge in [0, 0.05) is 18.6 Å². The van der Waals surface area contributed by atoms with Gasteiger partial charge < -0.3 is 10.2 Å². The van der Waals surface area contributed by atoms with Gasteiger partial charge in [-0.25, -0.2) is 0 Å². The van der Waals surface area contributed by atoms with E-state index in [1.807, 2.05) is 0 Å². The fraction of sp³-hybridized carbons (Fsp3) is 1.00. The molecule has 0 radical (unpaired) electrons. The highest BCUT2D eigenvalue weighted by molar-refractivity contribution is 4.84. The van der Waals surface area contributed by atoms with E-state index in [1.54, 1.807) is 0 Å². The second-order valence-electron chi connectivity index (χ2n) is 7.15. The van der Waals surface area contributed by atoms with Gasteiger partial charge in [0.1, 0.15) is 0 Å². The zero-order chi connectivity index (χ0) is 13.7. The Morgan fingerprint density at radius 2 is 1.79 bits per heavy atom. The standard InChI is InChI=1S/C17H34N2/c1-4-15-7-9-17(10-8-15)19-11-5-6-16(13-19)12-18-14(2)3/h14-18H,4-13H2,1-3H3. The Hall–Kier alpha value is -0.0800. The van der Waals surface area contributed by atoms with Crippen LogP contribution >= 0.6 is 0 Å². The molecule has 1 atom stereocenters. The van der Waals surface area contributed by atoms with Crippen molar-refractivity contribution < 1.29 is 0 Å². The van der Waals surface area contributed by atoms with Gasteiger partial charge in [0.15, 0.2) is 0 Å². The summed E-state index contributed by atoms with van der Waals surface area (Å²) >= 11 is 0. The van der Waals surface area contributed by atoms with Crippen molar-refractivity contribution in [1.29, 1.82) is 0 Å². The summed E-state index contributed by atoms with van der Waals surface area (Å²) in [6, 6.07) is 1.54. The van der Waals surface area contributed by atoms with Crippen LogP contribution in [0.5, 0.6) is 0 Å². The molecule has 1 saturated carbocycles. The lowest BCUT2D eigenvalue weighted by molar-refractivity contribution is 0.0855. The molecule has 0 aromatic rings. The third kappa shape index (κ3) is 4.75. The summed E-state index contributed by atoms with van der Waals surface area (Å²) in [5, 5.41) is 3.63. The van der Waals surface area contributed by atoms with Crippen molar-refractivity contribution >= 4 is 0 Å². The van der Waals surface area contributed by atoms with Crippen LogP contribution in [0.2, 0.25) is 0 Å². The van der Waals surface area contributed by atoms with Gasteiger partial charge in [0.2, 0.25) is 0 Å². The highest BCUT2D eigenvalue weighted by Gasteiger charge is 2.28. The van der Waals surface area contributed by atoms with Crippen LogP contribution in [0.3, 0.4) is 0 Å². The van der Waals surface area contributed by atoms with Crippen LogP contribution < -0.4 is 5.32 Å². The zero-order valence-electron chi connectivity index (χ0n) is 13.3. The van der Waals surface area contributed by atoms with Gasteiger partial charge in [0.05, 0.1) is 0 Å². The SMILES string of the molecule is CCC1CCC(N2CCCC(CNC(C)C)C2)CC1. The van der Waals surface area contributed by atoms with E-state index in [4.69, 9.17) is 0 Å². The van der Waals surface area contributed by atoms with Crippen LogP contribution in [0.25, 0.3) is 0 Å². The molecule has 0 aromatic carbocycles. The maximum absolute atomic E-state index is 3.63. The molecule has 0 bridgehead atoms. The highest BCUT2D eigenvalue weighted by atomic mass is 15.2. The van der Waals surface area contributed by atoms with Gasteiger partial charge in [-0.05, 0) is 63.5 Å². The first-order valence-corrected chi connectivity index (χ1v) is 8.66. The quantitative estimate of drug-likeness (QED) is 0.817. The Balaban J connectivity index is 1.74. The van der Waals surface area contributed by atoms with Crippen molar-refractivity contribution in [3.63, 3.8) is 0 Å². The molecule has 2 fully saturated rings. The lowest BCUT2D eigenvalue weighted by Crippen LogP contribution is -2.46. The Kier molecular flexibility index (Phi) is 6.15.